The number of hydrogen-bond acceptors (Lipinski definition) is 3. The first kappa shape index (κ1) is 16.1. The fourth-order valence-corrected chi connectivity index (χ4v) is 3.13. The van der Waals surface area contributed by atoms with E-state index in [9.17, 15) is 9.59 Å². The molecule has 2 fully saturated rings. The van der Waals surface area contributed by atoms with Gasteiger partial charge < -0.3 is 14.9 Å². The van der Waals surface area contributed by atoms with E-state index in [1.807, 2.05) is 9.80 Å². The molecular formula is C15H27N3O3. The van der Waals surface area contributed by atoms with Crippen molar-refractivity contribution in [2.24, 2.45) is 5.92 Å². The van der Waals surface area contributed by atoms with Gasteiger partial charge in [0, 0.05) is 45.3 Å². The predicted octanol–water partition coefficient (Wildman–Crippen LogP) is 1.32. The summed E-state index contributed by atoms with van der Waals surface area (Å²) in [7, 11) is 0. The lowest BCUT2D eigenvalue weighted by molar-refractivity contribution is -0.143. The number of amides is 2. The van der Waals surface area contributed by atoms with Gasteiger partial charge in [-0.2, -0.15) is 0 Å². The number of hydrogen-bond donors (Lipinski definition) is 1. The SMILES string of the molecule is CCC(C)N1CCN(C(=O)N2CCC(C(=O)O)CC2)CC1. The molecule has 6 nitrogen and oxygen atoms in total. The van der Waals surface area contributed by atoms with E-state index < -0.39 is 5.97 Å². The van der Waals surface area contributed by atoms with E-state index in [0.717, 1.165) is 32.6 Å². The molecule has 2 amide bonds. The maximum Gasteiger partial charge on any atom is 0.320 e. The number of carbonyl (C=O) groups is 2. The quantitative estimate of drug-likeness (QED) is 0.853. The minimum atomic E-state index is -0.732. The molecule has 1 N–H and O–H groups in total. The van der Waals surface area contributed by atoms with Crippen LogP contribution in [-0.2, 0) is 4.79 Å². The Balaban J connectivity index is 1.79. The molecule has 2 aliphatic rings. The zero-order valence-corrected chi connectivity index (χ0v) is 13.1. The average molecular weight is 297 g/mol. The van der Waals surface area contributed by atoms with E-state index in [-0.39, 0.29) is 11.9 Å². The Labute approximate surface area is 126 Å². The Morgan fingerprint density at radius 2 is 1.57 bits per heavy atom. The molecular weight excluding hydrogens is 270 g/mol. The molecule has 1 unspecified atom stereocenters. The molecule has 0 aromatic carbocycles. The zero-order valence-electron chi connectivity index (χ0n) is 13.1. The number of nitrogens with zero attached hydrogens (tertiary/aromatic N) is 3. The summed E-state index contributed by atoms with van der Waals surface area (Å²) >= 11 is 0. The molecule has 1 atom stereocenters. The number of aliphatic carboxylic acids is 1. The first-order chi connectivity index (χ1) is 10.0. The van der Waals surface area contributed by atoms with Gasteiger partial charge in [0.2, 0.25) is 0 Å². The van der Waals surface area contributed by atoms with Crippen LogP contribution in [0.4, 0.5) is 4.79 Å². The van der Waals surface area contributed by atoms with Gasteiger partial charge in [-0.3, -0.25) is 9.69 Å². The third kappa shape index (κ3) is 3.87. The van der Waals surface area contributed by atoms with Gasteiger partial charge in [-0.05, 0) is 26.2 Å². The summed E-state index contributed by atoms with van der Waals surface area (Å²) in [5, 5.41) is 9.00. The van der Waals surface area contributed by atoms with Crippen molar-refractivity contribution in [3.05, 3.63) is 0 Å². The Hall–Kier alpha value is -1.30. The van der Waals surface area contributed by atoms with Crippen LogP contribution in [-0.4, -0.2) is 77.1 Å². The first-order valence-corrected chi connectivity index (χ1v) is 8.03. The van der Waals surface area contributed by atoms with Crippen molar-refractivity contribution in [2.45, 2.75) is 39.2 Å². The second kappa shape index (κ2) is 7.11. The maximum absolute atomic E-state index is 12.5. The molecule has 120 valence electrons. The molecule has 2 aliphatic heterocycles. The molecule has 2 rings (SSSR count). The summed E-state index contributed by atoms with van der Waals surface area (Å²) in [6.45, 7) is 8.99. The van der Waals surface area contributed by atoms with Crippen molar-refractivity contribution in [2.75, 3.05) is 39.3 Å². The summed E-state index contributed by atoms with van der Waals surface area (Å²) < 4.78 is 0. The Bertz CT molecular complexity index is 372. The Kier molecular flexibility index (Phi) is 5.45. The number of carbonyl (C=O) groups excluding carboxylic acids is 1. The van der Waals surface area contributed by atoms with Crippen LogP contribution in [0.1, 0.15) is 33.1 Å². The minimum absolute atomic E-state index is 0.0858. The van der Waals surface area contributed by atoms with Gasteiger partial charge in [-0.1, -0.05) is 6.92 Å². The fraction of sp³-hybridized carbons (Fsp3) is 0.867. The van der Waals surface area contributed by atoms with Crippen LogP contribution in [0.2, 0.25) is 0 Å². The summed E-state index contributed by atoms with van der Waals surface area (Å²) in [5.74, 6) is -1.01. The molecule has 21 heavy (non-hydrogen) atoms. The van der Waals surface area contributed by atoms with Crippen LogP contribution < -0.4 is 0 Å². The highest BCUT2D eigenvalue weighted by atomic mass is 16.4. The lowest BCUT2D eigenvalue weighted by Gasteiger charge is -2.41. The number of carboxylic acid groups (broad SMARTS) is 1. The van der Waals surface area contributed by atoms with Gasteiger partial charge in [0.15, 0.2) is 0 Å². The second-order valence-corrected chi connectivity index (χ2v) is 6.16. The van der Waals surface area contributed by atoms with Crippen molar-refractivity contribution < 1.29 is 14.7 Å². The van der Waals surface area contributed by atoms with E-state index in [1.54, 1.807) is 0 Å². The summed E-state index contributed by atoms with van der Waals surface area (Å²) in [6, 6.07) is 0.663. The van der Waals surface area contributed by atoms with Crippen molar-refractivity contribution in [3.63, 3.8) is 0 Å². The Morgan fingerprint density at radius 1 is 1.05 bits per heavy atom. The number of urea groups is 1. The molecule has 0 aliphatic carbocycles. The van der Waals surface area contributed by atoms with Gasteiger partial charge in [-0.15, -0.1) is 0 Å². The summed E-state index contributed by atoms with van der Waals surface area (Å²) in [5.41, 5.74) is 0. The van der Waals surface area contributed by atoms with Crippen molar-refractivity contribution in [1.82, 2.24) is 14.7 Å². The molecule has 0 saturated carbocycles. The first-order valence-electron chi connectivity index (χ1n) is 8.03. The van der Waals surface area contributed by atoms with E-state index in [4.69, 9.17) is 5.11 Å². The molecule has 0 bridgehead atoms. The lowest BCUT2D eigenvalue weighted by Crippen LogP contribution is -2.55. The van der Waals surface area contributed by atoms with Gasteiger partial charge in [0.25, 0.3) is 0 Å². The van der Waals surface area contributed by atoms with Crippen molar-refractivity contribution in [1.29, 1.82) is 0 Å². The predicted molar refractivity (Wildman–Crippen MR) is 80.2 cm³/mol. The number of rotatable bonds is 3. The van der Waals surface area contributed by atoms with Gasteiger partial charge in [0.05, 0.1) is 5.92 Å². The number of piperazine rings is 1. The van der Waals surface area contributed by atoms with Gasteiger partial charge in [-0.25, -0.2) is 4.79 Å². The maximum atomic E-state index is 12.5. The number of carboxylic acids is 1. The van der Waals surface area contributed by atoms with Crippen LogP contribution >= 0.6 is 0 Å². The molecule has 2 heterocycles. The highest BCUT2D eigenvalue weighted by Gasteiger charge is 2.31. The normalized spacial score (nSPS) is 23.1. The third-order valence-electron chi connectivity index (χ3n) is 4.91. The molecule has 0 aromatic rings. The molecule has 2 saturated heterocycles. The summed E-state index contributed by atoms with van der Waals surface area (Å²) in [4.78, 5) is 29.6. The molecule has 6 heteroatoms. The number of likely N-dealkylation sites (tertiary alicyclic amines) is 1. The zero-order chi connectivity index (χ0) is 15.4. The Morgan fingerprint density at radius 3 is 2.05 bits per heavy atom. The smallest absolute Gasteiger partial charge is 0.320 e. The van der Waals surface area contributed by atoms with Crippen LogP contribution in [0, 0.1) is 5.92 Å². The lowest BCUT2D eigenvalue weighted by atomic mass is 9.97. The summed E-state index contributed by atoms with van der Waals surface area (Å²) in [6.07, 6.45) is 2.29. The van der Waals surface area contributed by atoms with E-state index in [2.05, 4.69) is 18.7 Å². The highest BCUT2D eigenvalue weighted by molar-refractivity contribution is 5.75. The molecule has 0 aromatic heterocycles. The largest absolute Gasteiger partial charge is 0.481 e. The third-order valence-corrected chi connectivity index (χ3v) is 4.91. The number of piperidine rings is 1. The van der Waals surface area contributed by atoms with Crippen molar-refractivity contribution >= 4 is 12.0 Å². The van der Waals surface area contributed by atoms with Crippen molar-refractivity contribution in [3.8, 4) is 0 Å². The highest BCUT2D eigenvalue weighted by Crippen LogP contribution is 2.19. The van der Waals surface area contributed by atoms with E-state index >= 15 is 0 Å². The van der Waals surface area contributed by atoms with Crippen LogP contribution in [0.15, 0.2) is 0 Å². The van der Waals surface area contributed by atoms with Crippen LogP contribution in [0.25, 0.3) is 0 Å². The molecule has 0 radical (unpaired) electrons. The second-order valence-electron chi connectivity index (χ2n) is 6.16. The van der Waals surface area contributed by atoms with Gasteiger partial charge >= 0.3 is 12.0 Å². The monoisotopic (exact) mass is 297 g/mol. The molecule has 0 spiro atoms. The average Bonchev–Trinajstić information content (AvgIpc) is 2.53. The van der Waals surface area contributed by atoms with Crippen LogP contribution in [0.5, 0.6) is 0 Å². The van der Waals surface area contributed by atoms with E-state index in [1.165, 1.54) is 0 Å². The fourth-order valence-electron chi connectivity index (χ4n) is 3.13. The van der Waals surface area contributed by atoms with E-state index in [0.29, 0.717) is 32.0 Å². The standard InChI is InChI=1S/C15H27N3O3/c1-3-12(2)16-8-10-18(11-9-16)15(21)17-6-4-13(5-7-17)14(19)20/h12-13H,3-11H2,1-2H3,(H,19,20). The van der Waals surface area contributed by atoms with Gasteiger partial charge in [0.1, 0.15) is 0 Å². The minimum Gasteiger partial charge on any atom is -0.481 e. The topological polar surface area (TPSA) is 64.1 Å². The van der Waals surface area contributed by atoms with Crippen LogP contribution in [0.3, 0.4) is 0 Å².